The van der Waals surface area contributed by atoms with Gasteiger partial charge < -0.3 is 15.7 Å². The molecule has 0 aliphatic rings. The molecule has 7 heteroatoms. The number of halogens is 2. The summed E-state index contributed by atoms with van der Waals surface area (Å²) in [7, 11) is 0. The van der Waals surface area contributed by atoms with Gasteiger partial charge in [0.2, 0.25) is 0 Å². The normalized spacial score (nSPS) is 14.2. The molecule has 0 fully saturated rings. The fourth-order valence-corrected chi connectivity index (χ4v) is 3.06. The summed E-state index contributed by atoms with van der Waals surface area (Å²) in [5, 5.41) is 18.6. The van der Waals surface area contributed by atoms with Gasteiger partial charge in [-0.15, -0.1) is 11.3 Å². The second-order valence-electron chi connectivity index (χ2n) is 5.86. The molecule has 0 spiro atoms. The predicted octanol–water partition coefficient (Wildman–Crippen LogP) is 3.03. The molecule has 0 bridgehead atoms. The molecule has 2 aromatic rings. The van der Waals surface area contributed by atoms with Gasteiger partial charge in [0, 0.05) is 24.0 Å². The van der Waals surface area contributed by atoms with Crippen molar-refractivity contribution in [3.8, 4) is 0 Å². The Hall–Kier alpha value is -1.99. The van der Waals surface area contributed by atoms with Crippen LogP contribution in [0.5, 0.6) is 0 Å². The number of thiophene rings is 1. The summed E-state index contributed by atoms with van der Waals surface area (Å²) in [6.45, 7) is 4.97. The van der Waals surface area contributed by atoms with E-state index in [0.717, 1.165) is 10.9 Å². The minimum atomic E-state index is -1.04. The van der Waals surface area contributed by atoms with E-state index in [1.54, 1.807) is 6.92 Å². The predicted molar refractivity (Wildman–Crippen MR) is 97.9 cm³/mol. The highest BCUT2D eigenvalue weighted by Gasteiger charge is 2.23. The van der Waals surface area contributed by atoms with Crippen molar-refractivity contribution in [2.75, 3.05) is 19.6 Å². The van der Waals surface area contributed by atoms with Gasteiger partial charge in [-0.25, -0.2) is 13.8 Å². The zero-order valence-electron chi connectivity index (χ0n) is 14.4. The smallest absolute Gasteiger partial charge is 0.191 e. The highest BCUT2D eigenvalue weighted by atomic mass is 32.1. The van der Waals surface area contributed by atoms with Crippen LogP contribution < -0.4 is 10.6 Å². The van der Waals surface area contributed by atoms with E-state index >= 15 is 0 Å². The first kappa shape index (κ1) is 19.3. The molecule has 2 rings (SSSR count). The molecule has 1 heterocycles. The zero-order valence-corrected chi connectivity index (χ0v) is 15.2. The molecule has 0 amide bonds. The Balaban J connectivity index is 1.93. The Labute approximate surface area is 150 Å². The van der Waals surface area contributed by atoms with Gasteiger partial charge >= 0.3 is 0 Å². The number of rotatable bonds is 7. The van der Waals surface area contributed by atoms with E-state index in [9.17, 15) is 13.9 Å². The van der Waals surface area contributed by atoms with E-state index in [1.807, 2.05) is 24.4 Å². The van der Waals surface area contributed by atoms with Gasteiger partial charge in [-0.1, -0.05) is 12.1 Å². The number of nitrogens with one attached hydrogen (secondary N) is 2. The van der Waals surface area contributed by atoms with Crippen LogP contribution in [0.2, 0.25) is 0 Å². The first-order valence-electron chi connectivity index (χ1n) is 8.15. The molecule has 0 aliphatic carbocycles. The summed E-state index contributed by atoms with van der Waals surface area (Å²) in [6, 6.07) is 7.33. The van der Waals surface area contributed by atoms with E-state index in [0.29, 0.717) is 31.0 Å². The van der Waals surface area contributed by atoms with Crippen molar-refractivity contribution in [1.29, 1.82) is 0 Å². The highest BCUT2D eigenvalue weighted by molar-refractivity contribution is 7.10. The van der Waals surface area contributed by atoms with Crippen molar-refractivity contribution in [3.05, 3.63) is 57.8 Å². The third-order valence-corrected chi connectivity index (χ3v) is 4.77. The molecule has 1 unspecified atom stereocenters. The largest absolute Gasteiger partial charge is 0.383 e. The third-order valence-electron chi connectivity index (χ3n) is 3.64. The number of aliphatic hydroxyl groups is 1. The van der Waals surface area contributed by atoms with Crippen LogP contribution in [-0.2, 0) is 12.0 Å². The molecule has 1 aromatic carbocycles. The summed E-state index contributed by atoms with van der Waals surface area (Å²) >= 11 is 1.48. The lowest BCUT2D eigenvalue weighted by Gasteiger charge is -2.20. The molecule has 25 heavy (non-hydrogen) atoms. The maximum absolute atomic E-state index is 13.6. The highest BCUT2D eigenvalue weighted by Crippen LogP contribution is 2.25. The maximum Gasteiger partial charge on any atom is 0.191 e. The van der Waals surface area contributed by atoms with Crippen molar-refractivity contribution in [1.82, 2.24) is 10.6 Å². The van der Waals surface area contributed by atoms with Crippen LogP contribution in [-0.4, -0.2) is 30.7 Å². The van der Waals surface area contributed by atoms with Gasteiger partial charge in [0.1, 0.15) is 17.2 Å². The van der Waals surface area contributed by atoms with E-state index in [2.05, 4.69) is 15.6 Å². The van der Waals surface area contributed by atoms with E-state index in [-0.39, 0.29) is 6.54 Å². The molecule has 0 saturated carbocycles. The molecule has 1 aromatic heterocycles. The second-order valence-corrected chi connectivity index (χ2v) is 6.81. The summed E-state index contributed by atoms with van der Waals surface area (Å²) in [5.41, 5.74) is -0.602. The molecule has 3 N–H and O–H groups in total. The summed E-state index contributed by atoms with van der Waals surface area (Å²) in [4.78, 5) is 5.25. The number of guanidine groups is 1. The quantitative estimate of drug-likeness (QED) is 0.521. The monoisotopic (exact) mass is 367 g/mol. The van der Waals surface area contributed by atoms with Crippen LogP contribution in [0.1, 0.15) is 24.3 Å². The molecular formula is C18H23F2N3OS. The van der Waals surface area contributed by atoms with Crippen LogP contribution in [0.15, 0.2) is 40.7 Å². The molecule has 0 saturated heterocycles. The van der Waals surface area contributed by atoms with Gasteiger partial charge in [-0.05, 0) is 43.3 Å². The zero-order chi connectivity index (χ0) is 18.3. The van der Waals surface area contributed by atoms with Crippen LogP contribution in [0.25, 0.3) is 0 Å². The molecule has 4 nitrogen and oxygen atoms in total. The fourth-order valence-electron chi connectivity index (χ4n) is 2.28. The Bertz CT molecular complexity index is 702. The molecular weight excluding hydrogens is 344 g/mol. The van der Waals surface area contributed by atoms with Crippen LogP contribution >= 0.6 is 11.3 Å². The summed E-state index contributed by atoms with van der Waals surface area (Å²) in [6.07, 6.45) is 0.401. The standard InChI is InChI=1S/C18H23F2N3OS/c1-3-21-17(23-12-18(2,24)16-5-4-10-25-16)22-9-8-13-6-7-14(19)11-15(13)20/h4-7,10-11,24H,3,8-9,12H2,1-2H3,(H2,21,22,23). The van der Waals surface area contributed by atoms with Gasteiger partial charge in [-0.2, -0.15) is 0 Å². The van der Waals surface area contributed by atoms with Crippen molar-refractivity contribution < 1.29 is 13.9 Å². The first-order valence-corrected chi connectivity index (χ1v) is 9.03. The minimum Gasteiger partial charge on any atom is -0.383 e. The lowest BCUT2D eigenvalue weighted by Crippen LogP contribution is -2.39. The van der Waals surface area contributed by atoms with Crippen LogP contribution in [0, 0.1) is 11.6 Å². The Morgan fingerprint density at radius 1 is 1.28 bits per heavy atom. The Kier molecular flexibility index (Phi) is 6.90. The second kappa shape index (κ2) is 8.92. The summed E-state index contributed by atoms with van der Waals surface area (Å²) < 4.78 is 26.6. The van der Waals surface area contributed by atoms with E-state index in [4.69, 9.17) is 0 Å². The number of hydrogen-bond acceptors (Lipinski definition) is 3. The lowest BCUT2D eigenvalue weighted by molar-refractivity contribution is 0.0711. The van der Waals surface area contributed by atoms with Gasteiger partial charge in [0.25, 0.3) is 0 Å². The van der Waals surface area contributed by atoms with Gasteiger partial charge in [0.15, 0.2) is 5.96 Å². The number of aliphatic imine (C=N–C) groups is 1. The Morgan fingerprint density at radius 3 is 2.72 bits per heavy atom. The topological polar surface area (TPSA) is 56.7 Å². The van der Waals surface area contributed by atoms with E-state index in [1.165, 1.54) is 23.5 Å². The summed E-state index contributed by atoms with van der Waals surface area (Å²) in [5.74, 6) is -0.592. The molecule has 0 aliphatic heterocycles. The fraction of sp³-hybridized carbons (Fsp3) is 0.389. The van der Waals surface area contributed by atoms with Crippen LogP contribution in [0.3, 0.4) is 0 Å². The molecule has 0 radical (unpaired) electrons. The van der Waals surface area contributed by atoms with Crippen molar-refractivity contribution in [2.45, 2.75) is 25.9 Å². The number of hydrogen-bond donors (Lipinski definition) is 3. The van der Waals surface area contributed by atoms with Crippen molar-refractivity contribution in [3.63, 3.8) is 0 Å². The number of nitrogens with zero attached hydrogens (tertiary/aromatic N) is 1. The molecule has 136 valence electrons. The SMILES string of the molecule is CCNC(=NCC(C)(O)c1cccs1)NCCc1ccc(F)cc1F. The minimum absolute atomic E-state index is 0.202. The number of benzene rings is 1. The van der Waals surface area contributed by atoms with Gasteiger partial charge in [0.05, 0.1) is 6.54 Å². The Morgan fingerprint density at radius 2 is 2.08 bits per heavy atom. The van der Waals surface area contributed by atoms with Crippen molar-refractivity contribution >= 4 is 17.3 Å². The van der Waals surface area contributed by atoms with Crippen molar-refractivity contribution in [2.24, 2.45) is 4.99 Å². The lowest BCUT2D eigenvalue weighted by atomic mass is 10.1. The molecule has 1 atom stereocenters. The average molecular weight is 367 g/mol. The average Bonchev–Trinajstić information content (AvgIpc) is 3.10. The third kappa shape index (κ3) is 5.79. The van der Waals surface area contributed by atoms with E-state index < -0.39 is 17.2 Å². The maximum atomic E-state index is 13.6. The first-order chi connectivity index (χ1) is 11.9. The van der Waals surface area contributed by atoms with Crippen LogP contribution in [0.4, 0.5) is 8.78 Å². The van der Waals surface area contributed by atoms with Gasteiger partial charge in [-0.3, -0.25) is 0 Å².